The molecule has 0 bridgehead atoms. The summed E-state index contributed by atoms with van der Waals surface area (Å²) in [5.41, 5.74) is 0.696. The maximum Gasteiger partial charge on any atom is 0.348 e. The highest BCUT2D eigenvalue weighted by Crippen LogP contribution is 2.23. The Kier molecular flexibility index (Phi) is 5.44. The quantitative estimate of drug-likeness (QED) is 0.845. The largest absolute Gasteiger partial charge is 0.451 e. The van der Waals surface area contributed by atoms with Crippen LogP contribution in [0.5, 0.6) is 0 Å². The van der Waals surface area contributed by atoms with E-state index in [9.17, 15) is 18.4 Å². The summed E-state index contributed by atoms with van der Waals surface area (Å²) in [4.78, 5) is 25.0. The molecule has 0 atom stereocenters. The van der Waals surface area contributed by atoms with Crippen molar-refractivity contribution in [3.8, 4) is 0 Å². The lowest BCUT2D eigenvalue weighted by Crippen LogP contribution is -2.21. The highest BCUT2D eigenvalue weighted by molar-refractivity contribution is 7.14. The van der Waals surface area contributed by atoms with E-state index in [1.807, 2.05) is 13.8 Å². The minimum Gasteiger partial charge on any atom is -0.451 e. The van der Waals surface area contributed by atoms with Gasteiger partial charge in [-0.1, -0.05) is 6.92 Å². The first-order valence-electron chi connectivity index (χ1n) is 6.92. The number of esters is 1. The summed E-state index contributed by atoms with van der Waals surface area (Å²) in [5, 5.41) is 2.16. The molecule has 1 heterocycles. The lowest BCUT2D eigenvalue weighted by molar-refractivity contribution is -0.119. The van der Waals surface area contributed by atoms with Gasteiger partial charge < -0.3 is 10.1 Å². The predicted octanol–water partition coefficient (Wildman–Crippen LogP) is 3.69. The van der Waals surface area contributed by atoms with Gasteiger partial charge in [0.2, 0.25) is 0 Å². The minimum atomic E-state index is -0.771. The molecule has 23 heavy (non-hydrogen) atoms. The van der Waals surface area contributed by atoms with Crippen LogP contribution in [0.4, 0.5) is 14.5 Å². The van der Waals surface area contributed by atoms with Crippen LogP contribution in [0.1, 0.15) is 27.0 Å². The summed E-state index contributed by atoms with van der Waals surface area (Å²) in [6.45, 7) is 3.30. The molecular weight excluding hydrogens is 324 g/mol. The van der Waals surface area contributed by atoms with E-state index in [4.69, 9.17) is 4.74 Å². The molecule has 7 heteroatoms. The molecule has 122 valence electrons. The fourth-order valence-electron chi connectivity index (χ4n) is 1.95. The van der Waals surface area contributed by atoms with Crippen LogP contribution in [-0.4, -0.2) is 18.5 Å². The van der Waals surface area contributed by atoms with Crippen LogP contribution < -0.4 is 5.32 Å². The molecule has 1 aromatic carbocycles. The van der Waals surface area contributed by atoms with Gasteiger partial charge in [-0.25, -0.2) is 13.6 Å². The monoisotopic (exact) mass is 339 g/mol. The number of hydrogen-bond acceptors (Lipinski definition) is 4. The Hall–Kier alpha value is -2.28. The van der Waals surface area contributed by atoms with Gasteiger partial charge in [-0.05, 0) is 37.1 Å². The number of thiophene rings is 1. The third kappa shape index (κ3) is 4.35. The summed E-state index contributed by atoms with van der Waals surface area (Å²) in [7, 11) is 0. The molecule has 0 radical (unpaired) electrons. The number of hydrogen-bond donors (Lipinski definition) is 1. The van der Waals surface area contributed by atoms with E-state index in [2.05, 4.69) is 5.32 Å². The molecule has 1 amide bonds. The van der Waals surface area contributed by atoms with Gasteiger partial charge in [0.15, 0.2) is 6.61 Å². The molecule has 0 aliphatic rings. The second-order valence-electron chi connectivity index (χ2n) is 4.82. The molecule has 2 rings (SSSR count). The number of benzene rings is 1. The SMILES string of the molecule is CCc1sc(C(=O)OCC(=O)Nc2cc(F)ccc2F)cc1C. The summed E-state index contributed by atoms with van der Waals surface area (Å²) in [5.74, 6) is -2.81. The zero-order valence-electron chi connectivity index (χ0n) is 12.6. The number of halogens is 2. The van der Waals surface area contributed by atoms with Crippen molar-refractivity contribution in [2.75, 3.05) is 11.9 Å². The minimum absolute atomic E-state index is 0.300. The maximum atomic E-state index is 13.4. The Morgan fingerprint density at radius 1 is 1.26 bits per heavy atom. The van der Waals surface area contributed by atoms with Crippen LogP contribution in [0.2, 0.25) is 0 Å². The molecule has 0 aliphatic heterocycles. The molecule has 0 unspecified atom stereocenters. The Morgan fingerprint density at radius 3 is 2.65 bits per heavy atom. The first kappa shape index (κ1) is 17.1. The van der Waals surface area contributed by atoms with Crippen molar-refractivity contribution in [3.63, 3.8) is 0 Å². The number of nitrogens with one attached hydrogen (secondary N) is 1. The molecular formula is C16H15F2NO3S. The Labute approximate surface area is 136 Å². The topological polar surface area (TPSA) is 55.4 Å². The van der Waals surface area contributed by atoms with Crippen LogP contribution in [0.25, 0.3) is 0 Å². The van der Waals surface area contributed by atoms with E-state index in [0.717, 1.165) is 35.1 Å². The molecule has 1 aromatic heterocycles. The van der Waals surface area contributed by atoms with Crippen molar-refractivity contribution in [2.45, 2.75) is 20.3 Å². The van der Waals surface area contributed by atoms with Crippen LogP contribution >= 0.6 is 11.3 Å². The average Bonchev–Trinajstić information content (AvgIpc) is 2.89. The first-order chi connectivity index (χ1) is 10.9. The lowest BCUT2D eigenvalue weighted by Gasteiger charge is -2.07. The molecule has 0 fully saturated rings. The van der Waals surface area contributed by atoms with Crippen LogP contribution in [0, 0.1) is 18.6 Å². The van der Waals surface area contributed by atoms with Gasteiger partial charge >= 0.3 is 5.97 Å². The van der Waals surface area contributed by atoms with Crippen LogP contribution in [0.15, 0.2) is 24.3 Å². The molecule has 0 aliphatic carbocycles. The summed E-state index contributed by atoms with van der Waals surface area (Å²) < 4.78 is 31.3. The zero-order valence-corrected chi connectivity index (χ0v) is 13.4. The van der Waals surface area contributed by atoms with Gasteiger partial charge in [0.05, 0.1) is 5.69 Å². The first-order valence-corrected chi connectivity index (χ1v) is 7.73. The standard InChI is InChI=1S/C16H15F2NO3S/c1-3-13-9(2)6-14(23-13)16(21)22-8-15(20)19-12-7-10(17)4-5-11(12)18/h4-7H,3,8H2,1-2H3,(H,19,20). The van der Waals surface area contributed by atoms with Gasteiger partial charge in [0.25, 0.3) is 5.91 Å². The van der Waals surface area contributed by atoms with E-state index in [1.54, 1.807) is 6.07 Å². The molecule has 1 N–H and O–H groups in total. The molecule has 0 saturated heterocycles. The van der Waals surface area contributed by atoms with Crippen LogP contribution in [-0.2, 0) is 16.0 Å². The third-order valence-corrected chi connectivity index (χ3v) is 4.44. The number of rotatable bonds is 5. The van der Waals surface area contributed by atoms with Crippen molar-refractivity contribution in [3.05, 3.63) is 51.2 Å². The number of amides is 1. The van der Waals surface area contributed by atoms with E-state index in [1.165, 1.54) is 11.3 Å². The summed E-state index contributed by atoms with van der Waals surface area (Å²) >= 11 is 1.31. The normalized spacial score (nSPS) is 10.4. The van der Waals surface area contributed by atoms with E-state index in [-0.39, 0.29) is 5.69 Å². The number of anilines is 1. The van der Waals surface area contributed by atoms with Crippen molar-refractivity contribution < 1.29 is 23.1 Å². The highest BCUT2D eigenvalue weighted by Gasteiger charge is 2.15. The second kappa shape index (κ2) is 7.32. The van der Waals surface area contributed by atoms with E-state index in [0.29, 0.717) is 4.88 Å². The fraction of sp³-hybridized carbons (Fsp3) is 0.250. The number of carbonyl (C=O) groups is 2. The zero-order chi connectivity index (χ0) is 17.0. The van der Waals surface area contributed by atoms with Gasteiger partial charge in [0.1, 0.15) is 16.5 Å². The predicted molar refractivity (Wildman–Crippen MR) is 83.7 cm³/mol. The smallest absolute Gasteiger partial charge is 0.348 e. The highest BCUT2D eigenvalue weighted by atomic mass is 32.1. The van der Waals surface area contributed by atoms with Gasteiger partial charge in [-0.2, -0.15) is 0 Å². The summed E-state index contributed by atoms with van der Waals surface area (Å²) in [6.07, 6.45) is 0.809. The Balaban J connectivity index is 1.93. The molecule has 0 spiro atoms. The van der Waals surface area contributed by atoms with Gasteiger partial charge in [0, 0.05) is 10.9 Å². The number of carbonyl (C=O) groups excluding carboxylic acids is 2. The number of aryl methyl sites for hydroxylation is 2. The number of ether oxygens (including phenoxy) is 1. The lowest BCUT2D eigenvalue weighted by atomic mass is 10.2. The van der Waals surface area contributed by atoms with Crippen molar-refractivity contribution in [1.82, 2.24) is 0 Å². The van der Waals surface area contributed by atoms with E-state index < -0.39 is 30.1 Å². The van der Waals surface area contributed by atoms with Crippen molar-refractivity contribution in [2.24, 2.45) is 0 Å². The maximum absolute atomic E-state index is 13.4. The van der Waals surface area contributed by atoms with Crippen molar-refractivity contribution in [1.29, 1.82) is 0 Å². The average molecular weight is 339 g/mol. The Morgan fingerprint density at radius 2 is 2.00 bits per heavy atom. The van der Waals surface area contributed by atoms with E-state index >= 15 is 0 Å². The second-order valence-corrected chi connectivity index (χ2v) is 5.96. The van der Waals surface area contributed by atoms with Crippen LogP contribution in [0.3, 0.4) is 0 Å². The molecule has 4 nitrogen and oxygen atoms in total. The van der Waals surface area contributed by atoms with Crippen molar-refractivity contribution >= 4 is 28.9 Å². The summed E-state index contributed by atoms with van der Waals surface area (Å²) in [6, 6.07) is 4.40. The molecule has 0 saturated carbocycles. The Bertz CT molecular complexity index is 743. The fourth-order valence-corrected chi connectivity index (χ4v) is 2.96. The third-order valence-electron chi connectivity index (χ3n) is 3.08. The molecule has 2 aromatic rings. The van der Waals surface area contributed by atoms with Gasteiger partial charge in [-0.15, -0.1) is 11.3 Å². The van der Waals surface area contributed by atoms with Gasteiger partial charge in [-0.3, -0.25) is 4.79 Å².